The first-order valence-electron chi connectivity index (χ1n) is 9.64. The van der Waals surface area contributed by atoms with Gasteiger partial charge in [0.25, 0.3) is 5.69 Å². The number of benzene rings is 1. The van der Waals surface area contributed by atoms with Crippen LogP contribution < -0.4 is 16.0 Å². The van der Waals surface area contributed by atoms with E-state index in [-0.39, 0.29) is 12.1 Å². The van der Waals surface area contributed by atoms with Crippen LogP contribution in [0.4, 0.5) is 16.2 Å². The lowest BCUT2D eigenvalue weighted by Crippen LogP contribution is -2.46. The van der Waals surface area contributed by atoms with Crippen molar-refractivity contribution in [2.75, 3.05) is 18.0 Å². The van der Waals surface area contributed by atoms with Crippen LogP contribution in [-0.4, -0.2) is 41.7 Å². The van der Waals surface area contributed by atoms with Gasteiger partial charge in [-0.3, -0.25) is 14.9 Å². The van der Waals surface area contributed by atoms with Crippen LogP contribution >= 0.6 is 0 Å². The summed E-state index contributed by atoms with van der Waals surface area (Å²) in [6.07, 6.45) is 6.59. The summed E-state index contributed by atoms with van der Waals surface area (Å²) in [5.74, 6) is 1.56. The van der Waals surface area contributed by atoms with Crippen LogP contribution in [-0.2, 0) is 9.53 Å². The van der Waals surface area contributed by atoms with E-state index in [1.54, 1.807) is 26.8 Å². The number of hydrogen-bond donors (Lipinski definition) is 2. The molecule has 1 atom stereocenters. The van der Waals surface area contributed by atoms with Crippen LogP contribution in [0.2, 0.25) is 0 Å². The molecule has 1 aromatic rings. The predicted octanol–water partition coefficient (Wildman–Crippen LogP) is 2.45. The molecule has 31 heavy (non-hydrogen) atoms. The second-order valence-corrected chi connectivity index (χ2v) is 7.77. The van der Waals surface area contributed by atoms with Crippen molar-refractivity contribution >= 4 is 23.4 Å². The first kappa shape index (κ1) is 25.2. The quantitative estimate of drug-likeness (QED) is 0.414. The number of nitro groups is 1. The zero-order valence-corrected chi connectivity index (χ0v) is 17.9. The number of nitrogens with one attached hydrogen (secondary N) is 1. The molecule has 2 rings (SSSR count). The lowest BCUT2D eigenvalue weighted by Gasteiger charge is -2.21. The largest absolute Gasteiger partial charge is 0.444 e. The van der Waals surface area contributed by atoms with E-state index in [1.807, 2.05) is 6.07 Å². The van der Waals surface area contributed by atoms with Crippen molar-refractivity contribution in [2.45, 2.75) is 51.7 Å². The second kappa shape index (κ2) is 11.4. The summed E-state index contributed by atoms with van der Waals surface area (Å²) >= 11 is 0. The normalized spacial score (nSPS) is 13.6. The fourth-order valence-corrected chi connectivity index (χ4v) is 2.75. The first-order valence-corrected chi connectivity index (χ1v) is 9.64. The molecule has 0 saturated carbocycles. The maximum absolute atomic E-state index is 11.2. The van der Waals surface area contributed by atoms with Gasteiger partial charge in [0, 0.05) is 31.6 Å². The van der Waals surface area contributed by atoms with Gasteiger partial charge in [0.05, 0.1) is 16.2 Å². The van der Waals surface area contributed by atoms with Gasteiger partial charge >= 0.3 is 6.09 Å². The number of rotatable bonds is 5. The molecule has 10 nitrogen and oxygen atoms in total. The standard InChI is InChI=1S/C11H11N3O2.C10H16N2O3/c12-8-9-7-10(14(15)16)3-4-11(9)13-5-1-2-6-13;1-5-6-7(8(11)13)12-9(14)15-10(2,3)4/h3-4,7H,1-2,5-6H2;1,7H,6H2,2-4H3,(H2,11,13)(H,12,14)/t;7-/m.0/s1. The average molecular weight is 429 g/mol. The summed E-state index contributed by atoms with van der Waals surface area (Å²) in [4.78, 5) is 34.3. The molecule has 1 saturated heterocycles. The number of primary amides is 1. The van der Waals surface area contributed by atoms with Crippen molar-refractivity contribution in [1.29, 1.82) is 5.26 Å². The number of hydrogen-bond acceptors (Lipinski definition) is 7. The summed E-state index contributed by atoms with van der Waals surface area (Å²) < 4.78 is 4.94. The minimum absolute atomic E-state index is 0.0282. The van der Waals surface area contributed by atoms with Gasteiger partial charge in [-0.05, 0) is 39.7 Å². The molecule has 1 aromatic carbocycles. The van der Waals surface area contributed by atoms with Crippen LogP contribution in [0.25, 0.3) is 0 Å². The van der Waals surface area contributed by atoms with Gasteiger partial charge in [-0.2, -0.15) is 5.26 Å². The number of nitrogens with two attached hydrogens (primary N) is 1. The van der Waals surface area contributed by atoms with E-state index in [2.05, 4.69) is 16.1 Å². The number of terminal acetylenes is 1. The van der Waals surface area contributed by atoms with Gasteiger partial charge in [0.2, 0.25) is 5.91 Å². The Labute approximate surface area is 181 Å². The SMILES string of the molecule is C#CC[C@H](NC(=O)OC(C)(C)C)C(N)=O.N#Cc1cc([N+](=O)[O-])ccc1N1CCCC1. The van der Waals surface area contributed by atoms with Crippen LogP contribution in [0.5, 0.6) is 0 Å². The highest BCUT2D eigenvalue weighted by molar-refractivity contribution is 5.84. The maximum Gasteiger partial charge on any atom is 0.408 e. The van der Waals surface area contributed by atoms with E-state index >= 15 is 0 Å². The highest BCUT2D eigenvalue weighted by Gasteiger charge is 2.22. The third kappa shape index (κ3) is 8.62. The zero-order chi connectivity index (χ0) is 23.6. The van der Waals surface area contributed by atoms with E-state index in [4.69, 9.17) is 22.2 Å². The summed E-state index contributed by atoms with van der Waals surface area (Å²) in [6, 6.07) is 5.60. The molecule has 10 heteroatoms. The maximum atomic E-state index is 11.2. The summed E-state index contributed by atoms with van der Waals surface area (Å²) in [6.45, 7) is 6.99. The molecule has 0 radical (unpaired) electrons. The summed E-state index contributed by atoms with van der Waals surface area (Å²) in [7, 11) is 0. The molecule has 3 N–H and O–H groups in total. The number of carbonyl (C=O) groups is 2. The number of anilines is 1. The van der Waals surface area contributed by atoms with Crippen LogP contribution in [0.1, 0.15) is 45.6 Å². The second-order valence-electron chi connectivity index (χ2n) is 7.77. The molecule has 2 amide bonds. The van der Waals surface area contributed by atoms with Crippen molar-refractivity contribution in [3.05, 3.63) is 33.9 Å². The molecule has 0 spiro atoms. The Morgan fingerprint density at radius 2 is 2.00 bits per heavy atom. The molecule has 1 aliphatic heterocycles. The first-order chi connectivity index (χ1) is 14.5. The number of nitro benzene ring substituents is 1. The Balaban J connectivity index is 0.000000311. The van der Waals surface area contributed by atoms with Crippen LogP contribution in [0.3, 0.4) is 0 Å². The van der Waals surface area contributed by atoms with E-state index in [1.165, 1.54) is 12.1 Å². The monoisotopic (exact) mass is 429 g/mol. The topological polar surface area (TPSA) is 152 Å². The van der Waals surface area contributed by atoms with Gasteiger partial charge in [0.1, 0.15) is 17.7 Å². The van der Waals surface area contributed by atoms with Gasteiger partial charge in [-0.1, -0.05) is 0 Å². The number of carbonyl (C=O) groups excluding carboxylic acids is 2. The fourth-order valence-electron chi connectivity index (χ4n) is 2.75. The number of non-ortho nitro benzene ring substituents is 1. The van der Waals surface area contributed by atoms with Gasteiger partial charge in [-0.15, -0.1) is 12.3 Å². The molecule has 166 valence electrons. The number of amides is 2. The van der Waals surface area contributed by atoms with E-state index in [0.717, 1.165) is 31.6 Å². The van der Waals surface area contributed by atoms with Crippen molar-refractivity contribution in [2.24, 2.45) is 5.73 Å². The van der Waals surface area contributed by atoms with E-state index in [0.29, 0.717) is 5.56 Å². The molecule has 1 fully saturated rings. The molecule has 0 aromatic heterocycles. The van der Waals surface area contributed by atoms with E-state index < -0.39 is 28.6 Å². The molecular formula is C21H27N5O5. The third-order valence-electron chi connectivity index (χ3n) is 4.11. The third-order valence-corrected chi connectivity index (χ3v) is 4.11. The number of nitrogens with zero attached hydrogens (tertiary/aromatic N) is 3. The fraction of sp³-hybridized carbons (Fsp3) is 0.476. The average Bonchev–Trinajstić information content (AvgIpc) is 3.20. The summed E-state index contributed by atoms with van der Waals surface area (Å²) in [5, 5.41) is 21.9. The molecular weight excluding hydrogens is 402 g/mol. The van der Waals surface area contributed by atoms with Crippen molar-refractivity contribution in [3.8, 4) is 18.4 Å². The van der Waals surface area contributed by atoms with Crippen molar-refractivity contribution in [1.82, 2.24) is 5.32 Å². The lowest BCUT2D eigenvalue weighted by atomic mass is 10.1. The Morgan fingerprint density at radius 1 is 1.39 bits per heavy atom. The number of alkyl carbamates (subject to hydrolysis) is 1. The highest BCUT2D eigenvalue weighted by Crippen LogP contribution is 2.27. The molecule has 0 bridgehead atoms. The molecule has 0 aliphatic carbocycles. The number of ether oxygens (including phenoxy) is 1. The summed E-state index contributed by atoms with van der Waals surface area (Å²) in [5.41, 5.74) is 5.58. The lowest BCUT2D eigenvalue weighted by molar-refractivity contribution is -0.384. The van der Waals surface area contributed by atoms with Gasteiger partial charge in [-0.25, -0.2) is 4.79 Å². The highest BCUT2D eigenvalue weighted by atomic mass is 16.6. The minimum Gasteiger partial charge on any atom is -0.444 e. The van der Waals surface area contributed by atoms with Gasteiger partial charge < -0.3 is 20.7 Å². The van der Waals surface area contributed by atoms with Crippen molar-refractivity contribution < 1.29 is 19.2 Å². The van der Waals surface area contributed by atoms with Crippen molar-refractivity contribution in [3.63, 3.8) is 0 Å². The van der Waals surface area contributed by atoms with Crippen LogP contribution in [0.15, 0.2) is 18.2 Å². The molecule has 1 aliphatic rings. The van der Waals surface area contributed by atoms with Crippen LogP contribution in [0, 0.1) is 33.8 Å². The predicted molar refractivity (Wildman–Crippen MR) is 115 cm³/mol. The Morgan fingerprint density at radius 3 is 2.45 bits per heavy atom. The Hall–Kier alpha value is -3.79. The molecule has 1 heterocycles. The zero-order valence-electron chi connectivity index (χ0n) is 17.9. The Bertz CT molecular complexity index is 889. The van der Waals surface area contributed by atoms with E-state index in [9.17, 15) is 19.7 Å². The Kier molecular flexibility index (Phi) is 9.29. The minimum atomic E-state index is -0.884. The molecule has 0 unspecified atom stereocenters. The number of nitriles is 1. The van der Waals surface area contributed by atoms with Gasteiger partial charge in [0.15, 0.2) is 0 Å². The smallest absolute Gasteiger partial charge is 0.408 e.